The second kappa shape index (κ2) is 5.68. The van der Waals surface area contributed by atoms with Gasteiger partial charge < -0.3 is 0 Å². The minimum Gasteiger partial charge on any atom is -0.192 e. The monoisotopic (exact) mass is 225 g/mol. The van der Waals surface area contributed by atoms with Crippen LogP contribution in [0.1, 0.15) is 56.1 Å². The van der Waals surface area contributed by atoms with Crippen molar-refractivity contribution in [2.45, 2.75) is 44.9 Å². The van der Waals surface area contributed by atoms with Crippen LogP contribution in [0.5, 0.6) is 0 Å². The van der Waals surface area contributed by atoms with Crippen LogP contribution in [0.15, 0.2) is 35.9 Å². The quantitative estimate of drug-likeness (QED) is 0.677. The Hall–Kier alpha value is -1.55. The van der Waals surface area contributed by atoms with Gasteiger partial charge in [-0.25, -0.2) is 0 Å². The first-order valence-electron chi connectivity index (χ1n) is 6.51. The predicted molar refractivity (Wildman–Crippen MR) is 70.7 cm³/mol. The van der Waals surface area contributed by atoms with Crippen LogP contribution in [-0.2, 0) is 0 Å². The van der Waals surface area contributed by atoms with Crippen LogP contribution in [-0.4, -0.2) is 0 Å². The van der Waals surface area contributed by atoms with E-state index < -0.39 is 0 Å². The summed E-state index contributed by atoms with van der Waals surface area (Å²) in [5.41, 5.74) is 3.80. The topological polar surface area (TPSA) is 23.8 Å². The molecule has 0 N–H and O–H groups in total. The molecule has 17 heavy (non-hydrogen) atoms. The molecule has 0 heterocycles. The van der Waals surface area contributed by atoms with Crippen molar-refractivity contribution in [2.75, 3.05) is 0 Å². The summed E-state index contributed by atoms with van der Waals surface area (Å²) in [7, 11) is 0. The van der Waals surface area contributed by atoms with E-state index in [1.54, 1.807) is 5.57 Å². The molecule has 0 bridgehead atoms. The fourth-order valence-corrected chi connectivity index (χ4v) is 2.64. The lowest BCUT2D eigenvalue weighted by Crippen LogP contribution is -2.06. The minimum atomic E-state index is 0.691. The average Bonchev–Trinajstić information content (AvgIpc) is 2.40. The van der Waals surface area contributed by atoms with Crippen LogP contribution in [0.2, 0.25) is 0 Å². The standard InChI is InChI=1S/C16H19N/c1-2-3-13-4-8-15(9-5-13)16-10-6-14(12-17)7-11-16/h3,6-7,10-11,15H,2,4-5,8-9H2,1H3. The lowest BCUT2D eigenvalue weighted by atomic mass is 9.81. The number of hydrogen-bond donors (Lipinski definition) is 0. The molecule has 0 unspecified atom stereocenters. The van der Waals surface area contributed by atoms with E-state index in [0.717, 1.165) is 12.0 Å². The molecule has 0 atom stereocenters. The van der Waals surface area contributed by atoms with Crippen molar-refractivity contribution in [1.29, 1.82) is 5.26 Å². The molecule has 0 amide bonds. The van der Waals surface area contributed by atoms with Gasteiger partial charge in [0, 0.05) is 0 Å². The fraction of sp³-hybridized carbons (Fsp3) is 0.438. The first kappa shape index (κ1) is 11.9. The summed E-state index contributed by atoms with van der Waals surface area (Å²) in [6.07, 6.45) is 8.57. The first-order chi connectivity index (χ1) is 8.33. The van der Waals surface area contributed by atoms with Gasteiger partial charge >= 0.3 is 0 Å². The summed E-state index contributed by atoms with van der Waals surface area (Å²) in [6, 6.07) is 10.3. The molecule has 88 valence electrons. The Morgan fingerprint density at radius 2 is 1.88 bits per heavy atom. The molecule has 1 aliphatic rings. The molecule has 0 radical (unpaired) electrons. The Bertz CT molecular complexity index is 424. The Labute approximate surface area is 104 Å². The van der Waals surface area contributed by atoms with Crippen molar-refractivity contribution in [3.05, 3.63) is 47.0 Å². The van der Waals surface area contributed by atoms with Gasteiger partial charge in [0.15, 0.2) is 0 Å². The molecule has 1 fully saturated rings. The van der Waals surface area contributed by atoms with Gasteiger partial charge in [-0.3, -0.25) is 0 Å². The van der Waals surface area contributed by atoms with E-state index >= 15 is 0 Å². The number of rotatable bonds is 2. The predicted octanol–water partition coefficient (Wildman–Crippen LogP) is 4.55. The lowest BCUT2D eigenvalue weighted by molar-refractivity contribution is 0.515. The van der Waals surface area contributed by atoms with Gasteiger partial charge in [-0.15, -0.1) is 0 Å². The summed E-state index contributed by atoms with van der Waals surface area (Å²) < 4.78 is 0. The van der Waals surface area contributed by atoms with E-state index in [9.17, 15) is 0 Å². The summed E-state index contributed by atoms with van der Waals surface area (Å²) in [6.45, 7) is 2.21. The van der Waals surface area contributed by atoms with Crippen molar-refractivity contribution in [3.8, 4) is 6.07 Å². The second-order valence-electron chi connectivity index (χ2n) is 4.78. The summed E-state index contributed by atoms with van der Waals surface area (Å²) in [5.74, 6) is 0.691. The molecule has 1 aliphatic carbocycles. The molecule has 0 spiro atoms. The molecule has 2 rings (SSSR count). The Morgan fingerprint density at radius 1 is 1.24 bits per heavy atom. The van der Waals surface area contributed by atoms with Crippen molar-refractivity contribution in [3.63, 3.8) is 0 Å². The zero-order valence-electron chi connectivity index (χ0n) is 10.4. The third-order valence-electron chi connectivity index (χ3n) is 3.63. The van der Waals surface area contributed by atoms with Gasteiger partial charge in [0.2, 0.25) is 0 Å². The van der Waals surface area contributed by atoms with Crippen LogP contribution >= 0.6 is 0 Å². The van der Waals surface area contributed by atoms with Crippen molar-refractivity contribution in [1.82, 2.24) is 0 Å². The van der Waals surface area contributed by atoms with Crippen LogP contribution in [0.4, 0.5) is 0 Å². The van der Waals surface area contributed by atoms with Gasteiger partial charge in [-0.2, -0.15) is 5.26 Å². The summed E-state index contributed by atoms with van der Waals surface area (Å²) in [5, 5.41) is 8.78. The summed E-state index contributed by atoms with van der Waals surface area (Å²) in [4.78, 5) is 0. The van der Waals surface area contributed by atoms with Gasteiger partial charge in [0.1, 0.15) is 0 Å². The van der Waals surface area contributed by atoms with Gasteiger partial charge in [0.25, 0.3) is 0 Å². The third kappa shape index (κ3) is 2.97. The molecular formula is C16H19N. The molecule has 0 saturated heterocycles. The highest BCUT2D eigenvalue weighted by Gasteiger charge is 2.17. The molecule has 0 aliphatic heterocycles. The van der Waals surface area contributed by atoms with E-state index in [2.05, 4.69) is 31.2 Å². The fourth-order valence-electron chi connectivity index (χ4n) is 2.64. The zero-order chi connectivity index (χ0) is 12.1. The molecule has 1 nitrogen and oxygen atoms in total. The number of benzene rings is 1. The van der Waals surface area contributed by atoms with Crippen LogP contribution < -0.4 is 0 Å². The molecule has 1 aromatic carbocycles. The van der Waals surface area contributed by atoms with Crippen molar-refractivity contribution < 1.29 is 0 Å². The maximum atomic E-state index is 8.78. The first-order valence-corrected chi connectivity index (χ1v) is 6.51. The largest absolute Gasteiger partial charge is 0.192 e. The van der Waals surface area contributed by atoms with Crippen LogP contribution in [0.25, 0.3) is 0 Å². The molecule has 1 aromatic rings. The number of nitriles is 1. The van der Waals surface area contributed by atoms with E-state index in [-0.39, 0.29) is 0 Å². The minimum absolute atomic E-state index is 0.691. The maximum absolute atomic E-state index is 8.78. The maximum Gasteiger partial charge on any atom is 0.0991 e. The van der Waals surface area contributed by atoms with E-state index in [1.165, 1.54) is 31.2 Å². The number of nitrogens with zero attached hydrogens (tertiary/aromatic N) is 1. The smallest absolute Gasteiger partial charge is 0.0991 e. The van der Waals surface area contributed by atoms with Gasteiger partial charge in [-0.05, 0) is 55.7 Å². The van der Waals surface area contributed by atoms with Crippen molar-refractivity contribution >= 4 is 0 Å². The third-order valence-corrected chi connectivity index (χ3v) is 3.63. The van der Waals surface area contributed by atoms with E-state index in [0.29, 0.717) is 5.92 Å². The zero-order valence-corrected chi connectivity index (χ0v) is 10.4. The Balaban J connectivity index is 2.01. The summed E-state index contributed by atoms with van der Waals surface area (Å²) >= 11 is 0. The Kier molecular flexibility index (Phi) is 3.98. The van der Waals surface area contributed by atoms with E-state index in [1.807, 2.05) is 12.1 Å². The number of allylic oxidation sites excluding steroid dienone is 2. The molecular weight excluding hydrogens is 206 g/mol. The van der Waals surface area contributed by atoms with E-state index in [4.69, 9.17) is 5.26 Å². The molecule has 0 aromatic heterocycles. The van der Waals surface area contributed by atoms with Crippen LogP contribution in [0.3, 0.4) is 0 Å². The molecule has 1 heteroatoms. The molecule has 1 saturated carbocycles. The highest BCUT2D eigenvalue weighted by molar-refractivity contribution is 5.33. The lowest BCUT2D eigenvalue weighted by Gasteiger charge is -2.24. The van der Waals surface area contributed by atoms with Gasteiger partial charge in [0.05, 0.1) is 11.6 Å². The normalized spacial score (nSPS) is 19.8. The highest BCUT2D eigenvalue weighted by Crippen LogP contribution is 2.35. The van der Waals surface area contributed by atoms with Crippen molar-refractivity contribution in [2.24, 2.45) is 0 Å². The average molecular weight is 225 g/mol. The number of hydrogen-bond acceptors (Lipinski definition) is 1. The SMILES string of the molecule is CCC=C1CCC(c2ccc(C#N)cc2)CC1. The van der Waals surface area contributed by atoms with Gasteiger partial charge in [-0.1, -0.05) is 30.7 Å². The second-order valence-corrected chi connectivity index (χ2v) is 4.78. The Morgan fingerprint density at radius 3 is 2.41 bits per heavy atom. The van der Waals surface area contributed by atoms with Crippen LogP contribution in [0, 0.1) is 11.3 Å². The highest BCUT2D eigenvalue weighted by atomic mass is 14.2.